The average molecular weight is 508 g/mol. The summed E-state index contributed by atoms with van der Waals surface area (Å²) in [5.41, 5.74) is 4.82. The number of allylic oxidation sites excluding steroid dienone is 2. The van der Waals surface area contributed by atoms with E-state index in [2.05, 4.69) is 63.4 Å². The second-order valence-electron chi connectivity index (χ2n) is 11.0. The van der Waals surface area contributed by atoms with Crippen molar-refractivity contribution in [1.82, 2.24) is 5.32 Å². The maximum Gasteiger partial charge on any atom is 0.407 e. The molecule has 2 atom stereocenters. The molecule has 0 heterocycles. The van der Waals surface area contributed by atoms with Crippen molar-refractivity contribution in [1.29, 1.82) is 0 Å². The highest BCUT2D eigenvalue weighted by molar-refractivity contribution is 6.74. The smallest absolute Gasteiger partial charge is 0.407 e. The van der Waals surface area contributed by atoms with Crippen molar-refractivity contribution in [2.75, 3.05) is 19.8 Å². The number of carbonyl (C=O) groups is 1. The summed E-state index contributed by atoms with van der Waals surface area (Å²) in [6.07, 6.45) is 7.07. The van der Waals surface area contributed by atoms with Gasteiger partial charge in [0.2, 0.25) is 0 Å². The summed E-state index contributed by atoms with van der Waals surface area (Å²) in [4.78, 5) is 12.3. The molecule has 0 bridgehead atoms. The number of ether oxygens (including phenoxy) is 1. The lowest BCUT2D eigenvalue weighted by Crippen LogP contribution is -2.45. The molecule has 0 spiro atoms. The zero-order valence-electron chi connectivity index (χ0n) is 22.5. The molecule has 0 saturated carbocycles. The van der Waals surface area contributed by atoms with Gasteiger partial charge in [0.05, 0.1) is 6.10 Å². The van der Waals surface area contributed by atoms with Crippen LogP contribution in [0.5, 0.6) is 0 Å². The predicted octanol–water partition coefficient (Wildman–Crippen LogP) is 6.66. The minimum atomic E-state index is -1.96. The Balaban J connectivity index is 1.49. The molecule has 194 valence electrons. The number of benzene rings is 2. The Bertz CT molecular complexity index is 1040. The predicted molar refractivity (Wildman–Crippen MR) is 150 cm³/mol. The number of nitrogens with one attached hydrogen (secondary N) is 1. The molecule has 1 aliphatic carbocycles. The van der Waals surface area contributed by atoms with Crippen molar-refractivity contribution in [3.63, 3.8) is 0 Å². The first-order valence-electron chi connectivity index (χ1n) is 12.8. The summed E-state index contributed by atoms with van der Waals surface area (Å²) < 4.78 is 12.1. The van der Waals surface area contributed by atoms with Crippen LogP contribution in [0.15, 0.2) is 72.8 Å². The summed E-state index contributed by atoms with van der Waals surface area (Å²) in [6.45, 7) is 13.8. The molecule has 1 amide bonds. The Hall–Kier alpha value is -2.67. The molecule has 2 aromatic carbocycles. The van der Waals surface area contributed by atoms with Gasteiger partial charge in [0, 0.05) is 25.0 Å². The Morgan fingerprint density at radius 3 is 2.19 bits per heavy atom. The maximum absolute atomic E-state index is 12.3. The molecule has 1 aliphatic rings. The van der Waals surface area contributed by atoms with Gasteiger partial charge >= 0.3 is 6.09 Å². The van der Waals surface area contributed by atoms with E-state index in [1.165, 1.54) is 22.3 Å². The van der Waals surface area contributed by atoms with Gasteiger partial charge in [0.25, 0.3) is 0 Å². The SMILES string of the molecule is C[C@H](CO)[C@H](/C=C/C=C/CNC(=O)OCC1c2ccccc2-c2ccccc21)O[Si](C)(C)C(C)(C)C. The summed E-state index contributed by atoms with van der Waals surface area (Å²) in [5, 5.41) is 12.5. The fourth-order valence-electron chi connectivity index (χ4n) is 4.08. The number of hydrogen-bond donors (Lipinski definition) is 2. The van der Waals surface area contributed by atoms with Gasteiger partial charge in [-0.1, -0.05) is 101 Å². The molecule has 0 aromatic heterocycles. The molecule has 0 radical (unpaired) electrons. The standard InChI is InChI=1S/C30H41NO4Si/c1-22(20-32)28(35-36(5,6)30(2,3)4)18-8-7-13-19-31-29(33)34-21-27-25-16-11-9-14-23(25)24-15-10-12-17-26(24)27/h7-18,22,27-28,32H,19-21H2,1-6H3,(H,31,33)/b13-7+,18-8+/t22-,28+/m1/s1. The van der Waals surface area contributed by atoms with Gasteiger partial charge < -0.3 is 19.6 Å². The zero-order chi connectivity index (χ0) is 26.3. The van der Waals surface area contributed by atoms with E-state index in [-0.39, 0.29) is 29.6 Å². The van der Waals surface area contributed by atoms with Crippen LogP contribution in [0.25, 0.3) is 11.1 Å². The van der Waals surface area contributed by atoms with E-state index in [1.807, 2.05) is 55.5 Å². The van der Waals surface area contributed by atoms with Crippen molar-refractivity contribution < 1.29 is 19.1 Å². The molecule has 0 fully saturated rings. The summed E-state index contributed by atoms with van der Waals surface area (Å²) >= 11 is 0. The minimum Gasteiger partial charge on any atom is -0.449 e. The third-order valence-corrected chi connectivity index (χ3v) is 11.8. The lowest BCUT2D eigenvalue weighted by Gasteiger charge is -2.39. The van der Waals surface area contributed by atoms with Crippen LogP contribution in [0.2, 0.25) is 18.1 Å². The van der Waals surface area contributed by atoms with Gasteiger partial charge in [-0.3, -0.25) is 0 Å². The molecule has 36 heavy (non-hydrogen) atoms. The first-order chi connectivity index (χ1) is 17.0. The fourth-order valence-corrected chi connectivity index (χ4v) is 5.42. The summed E-state index contributed by atoms with van der Waals surface area (Å²) in [6, 6.07) is 16.6. The molecule has 2 N–H and O–H groups in total. The molecule has 3 rings (SSSR count). The molecule has 0 saturated heterocycles. The van der Waals surface area contributed by atoms with Crippen LogP contribution >= 0.6 is 0 Å². The van der Waals surface area contributed by atoms with Crippen LogP contribution in [0.1, 0.15) is 44.7 Å². The van der Waals surface area contributed by atoms with Crippen molar-refractivity contribution in [2.24, 2.45) is 5.92 Å². The number of aliphatic hydroxyl groups is 1. The number of rotatable bonds is 10. The van der Waals surface area contributed by atoms with Gasteiger partial charge in [-0.15, -0.1) is 0 Å². The highest BCUT2D eigenvalue weighted by atomic mass is 28.4. The van der Waals surface area contributed by atoms with Crippen molar-refractivity contribution in [3.05, 3.63) is 84.0 Å². The Kier molecular flexibility index (Phi) is 9.34. The van der Waals surface area contributed by atoms with E-state index in [4.69, 9.17) is 9.16 Å². The first-order valence-corrected chi connectivity index (χ1v) is 15.7. The molecule has 0 aliphatic heterocycles. The molecule has 2 aromatic rings. The van der Waals surface area contributed by atoms with Crippen molar-refractivity contribution in [3.8, 4) is 11.1 Å². The maximum atomic E-state index is 12.3. The van der Waals surface area contributed by atoms with E-state index in [9.17, 15) is 9.90 Å². The second-order valence-corrected chi connectivity index (χ2v) is 15.8. The van der Waals surface area contributed by atoms with Gasteiger partial charge in [0.15, 0.2) is 8.32 Å². The number of hydrogen-bond acceptors (Lipinski definition) is 4. The molecule has 0 unspecified atom stereocenters. The zero-order valence-corrected chi connectivity index (χ0v) is 23.5. The summed E-state index contributed by atoms with van der Waals surface area (Å²) in [5.74, 6) is 0.0516. The van der Waals surface area contributed by atoms with Crippen LogP contribution in [-0.4, -0.2) is 45.4 Å². The van der Waals surface area contributed by atoms with E-state index in [0.29, 0.717) is 13.2 Å². The van der Waals surface area contributed by atoms with Crippen molar-refractivity contribution in [2.45, 2.75) is 57.8 Å². The van der Waals surface area contributed by atoms with Crippen LogP contribution in [-0.2, 0) is 9.16 Å². The van der Waals surface area contributed by atoms with E-state index < -0.39 is 14.4 Å². The Morgan fingerprint density at radius 2 is 1.64 bits per heavy atom. The number of fused-ring (bicyclic) bond motifs is 3. The van der Waals surface area contributed by atoms with E-state index in [1.54, 1.807) is 0 Å². The molecule has 5 nitrogen and oxygen atoms in total. The highest BCUT2D eigenvalue weighted by Gasteiger charge is 2.39. The lowest BCUT2D eigenvalue weighted by atomic mass is 9.98. The van der Waals surface area contributed by atoms with Gasteiger partial charge in [-0.2, -0.15) is 0 Å². The fraction of sp³-hybridized carbons (Fsp3) is 0.433. The van der Waals surface area contributed by atoms with Crippen LogP contribution in [0.4, 0.5) is 4.79 Å². The topological polar surface area (TPSA) is 67.8 Å². The van der Waals surface area contributed by atoms with Crippen LogP contribution in [0, 0.1) is 5.92 Å². The lowest BCUT2D eigenvalue weighted by molar-refractivity contribution is 0.117. The number of aliphatic hydroxyl groups excluding tert-OH is 1. The molecular formula is C30H41NO4Si. The Morgan fingerprint density at radius 1 is 1.06 bits per heavy atom. The second kappa shape index (κ2) is 12.0. The number of alkyl carbamates (subject to hydrolysis) is 1. The Labute approximate surface area is 217 Å². The van der Waals surface area contributed by atoms with E-state index >= 15 is 0 Å². The minimum absolute atomic E-state index is 0.00252. The summed E-state index contributed by atoms with van der Waals surface area (Å²) in [7, 11) is -1.96. The number of amides is 1. The quantitative estimate of drug-likeness (QED) is 0.279. The van der Waals surface area contributed by atoms with Gasteiger partial charge in [-0.25, -0.2) is 4.79 Å². The first kappa shape index (κ1) is 27.9. The average Bonchev–Trinajstić information content (AvgIpc) is 3.16. The van der Waals surface area contributed by atoms with Gasteiger partial charge in [-0.05, 0) is 40.4 Å². The largest absolute Gasteiger partial charge is 0.449 e. The molecular weight excluding hydrogens is 466 g/mol. The normalized spacial score (nSPS) is 15.6. The third-order valence-electron chi connectivity index (χ3n) is 7.34. The highest BCUT2D eigenvalue weighted by Crippen LogP contribution is 2.44. The monoisotopic (exact) mass is 507 g/mol. The van der Waals surface area contributed by atoms with Gasteiger partial charge in [0.1, 0.15) is 6.61 Å². The van der Waals surface area contributed by atoms with Crippen LogP contribution < -0.4 is 5.32 Å². The van der Waals surface area contributed by atoms with Crippen LogP contribution in [0.3, 0.4) is 0 Å². The molecule has 6 heteroatoms. The number of carbonyl (C=O) groups excluding carboxylic acids is 1. The third kappa shape index (κ3) is 6.75. The van der Waals surface area contributed by atoms with E-state index in [0.717, 1.165) is 0 Å². The van der Waals surface area contributed by atoms with Crippen molar-refractivity contribution >= 4 is 14.4 Å².